The van der Waals surface area contributed by atoms with Crippen molar-refractivity contribution in [2.45, 2.75) is 13.3 Å². The number of hydrogen-bond donors (Lipinski definition) is 1. The van der Waals surface area contributed by atoms with Crippen LogP contribution in [-0.2, 0) is 13.3 Å². The standard InChI is InChI=1S/C21H17Cl2N5O2/c22-17-6-2-1-5-15(17)12-28-13-16(11-24-28)25-21(29)19-9-10-27(26-19)14-30-20-8-4-3-7-18(20)23/h1-11,13H,12,14H2,(H,25,29). The van der Waals surface area contributed by atoms with Crippen LogP contribution in [0.4, 0.5) is 5.69 Å². The molecule has 0 bridgehead atoms. The number of carbonyl (C=O) groups excluding carboxylic acids is 1. The Bertz CT molecular complexity index is 1170. The Kier molecular flexibility index (Phi) is 6.02. The minimum absolute atomic E-state index is 0.132. The van der Waals surface area contributed by atoms with Crippen LogP contribution in [0.15, 0.2) is 73.2 Å². The highest BCUT2D eigenvalue weighted by molar-refractivity contribution is 6.32. The summed E-state index contributed by atoms with van der Waals surface area (Å²) in [5.74, 6) is 0.204. The first-order valence-electron chi connectivity index (χ1n) is 9.06. The summed E-state index contributed by atoms with van der Waals surface area (Å²) >= 11 is 12.2. The molecule has 1 amide bonds. The molecule has 0 unspecified atom stereocenters. The van der Waals surface area contributed by atoms with Crippen molar-refractivity contribution in [1.29, 1.82) is 0 Å². The third-order valence-corrected chi connectivity index (χ3v) is 4.92. The molecular weight excluding hydrogens is 425 g/mol. The molecule has 0 fully saturated rings. The fourth-order valence-electron chi connectivity index (χ4n) is 2.76. The Morgan fingerprint density at radius 2 is 1.77 bits per heavy atom. The van der Waals surface area contributed by atoms with Gasteiger partial charge in [-0.2, -0.15) is 10.2 Å². The molecule has 9 heteroatoms. The SMILES string of the molecule is O=C(Nc1cnn(Cc2ccccc2Cl)c1)c1ccn(COc2ccccc2Cl)n1. The molecule has 0 atom stereocenters. The lowest BCUT2D eigenvalue weighted by atomic mass is 10.2. The van der Waals surface area contributed by atoms with Gasteiger partial charge in [0.1, 0.15) is 5.75 Å². The van der Waals surface area contributed by atoms with E-state index in [4.69, 9.17) is 27.9 Å². The summed E-state index contributed by atoms with van der Waals surface area (Å²) in [5.41, 5.74) is 1.77. The van der Waals surface area contributed by atoms with E-state index in [9.17, 15) is 4.79 Å². The molecule has 152 valence electrons. The smallest absolute Gasteiger partial charge is 0.276 e. The van der Waals surface area contributed by atoms with Crippen molar-refractivity contribution in [3.05, 3.63) is 94.5 Å². The van der Waals surface area contributed by atoms with E-state index in [0.717, 1.165) is 5.56 Å². The molecule has 4 rings (SSSR count). The average Bonchev–Trinajstić information content (AvgIpc) is 3.39. The molecule has 0 aliphatic carbocycles. The lowest BCUT2D eigenvalue weighted by Crippen LogP contribution is -2.14. The molecule has 0 aliphatic heterocycles. The highest BCUT2D eigenvalue weighted by Crippen LogP contribution is 2.23. The van der Waals surface area contributed by atoms with Crippen LogP contribution in [0, 0.1) is 0 Å². The molecule has 0 saturated heterocycles. The topological polar surface area (TPSA) is 74.0 Å². The van der Waals surface area contributed by atoms with E-state index in [0.29, 0.717) is 28.0 Å². The van der Waals surface area contributed by atoms with Crippen molar-refractivity contribution >= 4 is 34.8 Å². The summed E-state index contributed by atoms with van der Waals surface area (Å²) in [6.07, 6.45) is 4.97. The van der Waals surface area contributed by atoms with E-state index < -0.39 is 0 Å². The molecule has 0 aliphatic rings. The Balaban J connectivity index is 1.35. The number of anilines is 1. The van der Waals surface area contributed by atoms with Crippen LogP contribution in [0.2, 0.25) is 10.0 Å². The average molecular weight is 442 g/mol. The van der Waals surface area contributed by atoms with Gasteiger partial charge in [0.05, 0.1) is 23.5 Å². The number of amides is 1. The van der Waals surface area contributed by atoms with Crippen LogP contribution < -0.4 is 10.1 Å². The normalized spacial score (nSPS) is 10.7. The molecule has 0 radical (unpaired) electrons. The first-order valence-corrected chi connectivity index (χ1v) is 9.82. The number of benzene rings is 2. The molecule has 7 nitrogen and oxygen atoms in total. The number of rotatable bonds is 7. The van der Waals surface area contributed by atoms with E-state index in [2.05, 4.69) is 15.5 Å². The second kappa shape index (κ2) is 9.02. The van der Waals surface area contributed by atoms with Crippen molar-refractivity contribution in [2.24, 2.45) is 0 Å². The van der Waals surface area contributed by atoms with E-state index in [1.165, 1.54) is 4.68 Å². The number of para-hydroxylation sites is 1. The van der Waals surface area contributed by atoms with Gasteiger partial charge in [0.15, 0.2) is 12.4 Å². The van der Waals surface area contributed by atoms with E-state index >= 15 is 0 Å². The van der Waals surface area contributed by atoms with Gasteiger partial charge in [-0.1, -0.05) is 53.5 Å². The van der Waals surface area contributed by atoms with Gasteiger partial charge in [-0.05, 0) is 29.8 Å². The lowest BCUT2D eigenvalue weighted by Gasteiger charge is -2.07. The monoisotopic (exact) mass is 441 g/mol. The van der Waals surface area contributed by atoms with Gasteiger partial charge in [-0.15, -0.1) is 0 Å². The largest absolute Gasteiger partial charge is 0.470 e. The third-order valence-electron chi connectivity index (χ3n) is 4.24. The first kappa shape index (κ1) is 20.0. The number of aromatic nitrogens is 4. The van der Waals surface area contributed by atoms with Gasteiger partial charge in [0.2, 0.25) is 0 Å². The van der Waals surface area contributed by atoms with E-state index in [1.807, 2.05) is 36.4 Å². The molecule has 30 heavy (non-hydrogen) atoms. The maximum absolute atomic E-state index is 12.5. The second-order valence-electron chi connectivity index (χ2n) is 6.42. The summed E-state index contributed by atoms with van der Waals surface area (Å²) in [6.45, 7) is 0.635. The molecule has 4 aromatic rings. The van der Waals surface area contributed by atoms with Gasteiger partial charge in [0.25, 0.3) is 5.91 Å². The predicted molar refractivity (Wildman–Crippen MR) is 115 cm³/mol. The van der Waals surface area contributed by atoms with Crippen LogP contribution in [0.25, 0.3) is 0 Å². The Morgan fingerprint density at radius 3 is 2.57 bits per heavy atom. The zero-order valence-corrected chi connectivity index (χ0v) is 17.2. The molecule has 2 aromatic carbocycles. The molecule has 0 saturated carbocycles. The van der Waals surface area contributed by atoms with Crippen LogP contribution in [-0.4, -0.2) is 25.5 Å². The molecule has 2 aromatic heterocycles. The summed E-state index contributed by atoms with van der Waals surface area (Å²) in [6, 6.07) is 16.3. The second-order valence-corrected chi connectivity index (χ2v) is 7.23. The van der Waals surface area contributed by atoms with Gasteiger partial charge in [-0.3, -0.25) is 9.48 Å². The zero-order valence-electron chi connectivity index (χ0n) is 15.7. The van der Waals surface area contributed by atoms with E-state index in [1.54, 1.807) is 41.5 Å². The van der Waals surface area contributed by atoms with Crippen LogP contribution >= 0.6 is 23.2 Å². The molecular formula is C21H17Cl2N5O2. The van der Waals surface area contributed by atoms with Crippen molar-refractivity contribution in [1.82, 2.24) is 19.6 Å². The number of halogens is 2. The van der Waals surface area contributed by atoms with Crippen LogP contribution in [0.3, 0.4) is 0 Å². The lowest BCUT2D eigenvalue weighted by molar-refractivity contribution is 0.102. The zero-order chi connectivity index (χ0) is 20.9. The van der Waals surface area contributed by atoms with Crippen LogP contribution in [0.1, 0.15) is 16.1 Å². The van der Waals surface area contributed by atoms with Crippen molar-refractivity contribution < 1.29 is 9.53 Å². The van der Waals surface area contributed by atoms with Crippen LogP contribution in [0.5, 0.6) is 5.75 Å². The Morgan fingerprint density at radius 1 is 1.00 bits per heavy atom. The van der Waals surface area contributed by atoms with E-state index in [-0.39, 0.29) is 18.3 Å². The van der Waals surface area contributed by atoms with Gasteiger partial charge < -0.3 is 10.1 Å². The van der Waals surface area contributed by atoms with Gasteiger partial charge in [-0.25, -0.2) is 4.68 Å². The van der Waals surface area contributed by atoms with Crippen molar-refractivity contribution in [3.63, 3.8) is 0 Å². The number of carbonyl (C=O) groups is 1. The number of nitrogens with one attached hydrogen (secondary N) is 1. The highest BCUT2D eigenvalue weighted by Gasteiger charge is 2.12. The molecule has 2 heterocycles. The Hall–Kier alpha value is -3.29. The highest BCUT2D eigenvalue weighted by atomic mass is 35.5. The fraction of sp³-hybridized carbons (Fsp3) is 0.0952. The molecule has 0 spiro atoms. The summed E-state index contributed by atoms with van der Waals surface area (Å²) in [7, 11) is 0. The van der Waals surface area contributed by atoms with Crippen molar-refractivity contribution in [2.75, 3.05) is 5.32 Å². The summed E-state index contributed by atoms with van der Waals surface area (Å²) < 4.78 is 8.83. The van der Waals surface area contributed by atoms with Gasteiger partial charge in [0, 0.05) is 17.4 Å². The summed E-state index contributed by atoms with van der Waals surface area (Å²) in [5, 5.41) is 12.5. The predicted octanol–water partition coefficient (Wildman–Crippen LogP) is 4.72. The first-order chi connectivity index (χ1) is 14.6. The quantitative estimate of drug-likeness (QED) is 0.450. The minimum Gasteiger partial charge on any atom is -0.470 e. The number of hydrogen-bond acceptors (Lipinski definition) is 4. The number of ether oxygens (including phenoxy) is 1. The van der Waals surface area contributed by atoms with Gasteiger partial charge >= 0.3 is 0 Å². The third kappa shape index (κ3) is 4.82. The number of nitrogens with zero attached hydrogens (tertiary/aromatic N) is 4. The Labute approximate surface area is 182 Å². The fourth-order valence-corrected chi connectivity index (χ4v) is 3.15. The molecule has 1 N–H and O–H groups in total. The minimum atomic E-state index is -0.344. The maximum Gasteiger partial charge on any atom is 0.276 e. The summed E-state index contributed by atoms with van der Waals surface area (Å²) in [4.78, 5) is 12.5. The maximum atomic E-state index is 12.5. The van der Waals surface area contributed by atoms with Crippen molar-refractivity contribution in [3.8, 4) is 5.75 Å².